The van der Waals surface area contributed by atoms with E-state index in [-0.39, 0.29) is 5.82 Å². The van der Waals surface area contributed by atoms with Crippen LogP contribution in [0.25, 0.3) is 0 Å². The van der Waals surface area contributed by atoms with E-state index in [1.165, 1.54) is 0 Å². The molecule has 0 radical (unpaired) electrons. The second-order valence-electron chi connectivity index (χ2n) is 3.39. The lowest BCUT2D eigenvalue weighted by Gasteiger charge is -2.09. The molecule has 0 aliphatic carbocycles. The van der Waals surface area contributed by atoms with Crippen LogP contribution in [0.3, 0.4) is 0 Å². The van der Waals surface area contributed by atoms with Gasteiger partial charge in [0.25, 0.3) is 0 Å². The van der Waals surface area contributed by atoms with E-state index < -0.39 is 5.82 Å². The van der Waals surface area contributed by atoms with Crippen molar-refractivity contribution in [2.24, 2.45) is 0 Å². The van der Waals surface area contributed by atoms with Gasteiger partial charge in [-0.25, -0.2) is 9.37 Å². The Morgan fingerprint density at radius 2 is 2.17 bits per heavy atom. The molecule has 0 aliphatic rings. The van der Waals surface area contributed by atoms with Gasteiger partial charge >= 0.3 is 0 Å². The highest BCUT2D eigenvalue weighted by atomic mass is 79.9. The van der Waals surface area contributed by atoms with Gasteiger partial charge in [-0.3, -0.25) is 0 Å². The van der Waals surface area contributed by atoms with Crippen molar-refractivity contribution in [2.75, 3.05) is 17.7 Å². The van der Waals surface area contributed by atoms with E-state index >= 15 is 0 Å². The Labute approximate surface area is 117 Å². The summed E-state index contributed by atoms with van der Waals surface area (Å²) in [5.74, 6) is -0.163. The van der Waals surface area contributed by atoms with Crippen molar-refractivity contribution in [3.8, 4) is 0 Å². The van der Waals surface area contributed by atoms with Crippen molar-refractivity contribution in [3.63, 3.8) is 0 Å². The van der Waals surface area contributed by atoms with Gasteiger partial charge in [-0.1, -0.05) is 27.5 Å². The molecule has 2 N–H and O–H groups in total. The fourth-order valence-electron chi connectivity index (χ4n) is 1.30. The van der Waals surface area contributed by atoms with Crippen LogP contribution in [0.2, 0.25) is 5.02 Å². The summed E-state index contributed by atoms with van der Waals surface area (Å²) in [5.41, 5.74) is 0.561. The van der Waals surface area contributed by atoms with E-state index in [0.717, 1.165) is 10.7 Å². The van der Waals surface area contributed by atoms with E-state index in [1.807, 2.05) is 0 Å². The number of hydrogen-bond acceptors (Lipinski definition) is 4. The second-order valence-corrected chi connectivity index (χ2v) is 4.71. The topological polar surface area (TPSA) is 49.8 Å². The van der Waals surface area contributed by atoms with Crippen LogP contribution in [0.4, 0.5) is 21.8 Å². The van der Waals surface area contributed by atoms with E-state index in [9.17, 15) is 4.39 Å². The van der Waals surface area contributed by atoms with E-state index in [1.54, 1.807) is 25.2 Å². The van der Waals surface area contributed by atoms with Crippen LogP contribution >= 0.6 is 27.5 Å². The summed E-state index contributed by atoms with van der Waals surface area (Å²) in [6.07, 6.45) is 1.09. The number of nitrogens with zero attached hydrogens (tertiary/aromatic N) is 2. The minimum Gasteiger partial charge on any atom is -0.357 e. The van der Waals surface area contributed by atoms with Crippen molar-refractivity contribution in [2.45, 2.75) is 0 Å². The smallest absolute Gasteiger partial charge is 0.224 e. The molecule has 18 heavy (non-hydrogen) atoms. The molecule has 0 fully saturated rings. The van der Waals surface area contributed by atoms with Gasteiger partial charge in [-0.05, 0) is 18.2 Å². The number of rotatable bonds is 3. The van der Waals surface area contributed by atoms with Gasteiger partial charge in [0.2, 0.25) is 5.95 Å². The third-order valence-electron chi connectivity index (χ3n) is 2.15. The molecular formula is C11H9BrClFN4. The molecule has 0 atom stereocenters. The summed E-state index contributed by atoms with van der Waals surface area (Å²) < 4.78 is 14.4. The van der Waals surface area contributed by atoms with Crippen molar-refractivity contribution >= 4 is 45.0 Å². The Balaban J connectivity index is 2.36. The maximum Gasteiger partial charge on any atom is 0.224 e. The van der Waals surface area contributed by atoms with Gasteiger partial charge in [0.15, 0.2) is 11.6 Å². The summed E-state index contributed by atoms with van der Waals surface area (Å²) in [6.45, 7) is 0. The zero-order valence-electron chi connectivity index (χ0n) is 9.34. The Bertz CT molecular complexity index is 579. The average molecular weight is 332 g/mol. The Morgan fingerprint density at radius 3 is 2.89 bits per heavy atom. The fourth-order valence-corrected chi connectivity index (χ4v) is 1.82. The molecule has 0 saturated carbocycles. The first-order valence-corrected chi connectivity index (χ1v) is 6.19. The molecule has 0 bridgehead atoms. The van der Waals surface area contributed by atoms with E-state index in [4.69, 9.17) is 11.6 Å². The van der Waals surface area contributed by atoms with E-state index in [0.29, 0.717) is 16.7 Å². The normalized spacial score (nSPS) is 10.2. The van der Waals surface area contributed by atoms with Crippen molar-refractivity contribution in [1.29, 1.82) is 0 Å². The molecule has 0 unspecified atom stereocenters. The standard InChI is InChI=1S/C11H9BrClFN4/c1-15-11-16-5-8(14)10(18-11)17-9-4-6(12)2-3-7(9)13/h2-5H,1H3,(H2,15,16,17,18). The number of halogens is 3. The van der Waals surface area contributed by atoms with Gasteiger partial charge in [-0.2, -0.15) is 4.98 Å². The van der Waals surface area contributed by atoms with Crippen LogP contribution in [0.15, 0.2) is 28.9 Å². The van der Waals surface area contributed by atoms with Crippen LogP contribution in [-0.2, 0) is 0 Å². The molecule has 0 aliphatic heterocycles. The number of hydrogen-bond donors (Lipinski definition) is 2. The summed E-state index contributed by atoms with van der Waals surface area (Å²) in [6, 6.07) is 5.23. The quantitative estimate of drug-likeness (QED) is 0.898. The number of benzene rings is 1. The van der Waals surface area contributed by atoms with Crippen LogP contribution < -0.4 is 10.6 Å². The molecule has 1 aromatic heterocycles. The summed E-state index contributed by atoms with van der Waals surface area (Å²) >= 11 is 9.33. The van der Waals surface area contributed by atoms with Crippen LogP contribution in [0, 0.1) is 5.82 Å². The van der Waals surface area contributed by atoms with Crippen LogP contribution in [-0.4, -0.2) is 17.0 Å². The molecule has 1 heterocycles. The lowest BCUT2D eigenvalue weighted by Crippen LogP contribution is -2.03. The zero-order valence-corrected chi connectivity index (χ0v) is 11.7. The molecule has 2 aromatic rings. The highest BCUT2D eigenvalue weighted by molar-refractivity contribution is 9.10. The number of nitrogens with one attached hydrogen (secondary N) is 2. The minimum absolute atomic E-state index is 0.0642. The molecule has 1 aromatic carbocycles. The Kier molecular flexibility index (Phi) is 3.98. The molecular weight excluding hydrogens is 323 g/mol. The Hall–Kier alpha value is -1.40. The summed E-state index contributed by atoms with van der Waals surface area (Å²) in [7, 11) is 1.66. The first kappa shape index (κ1) is 13.0. The molecule has 4 nitrogen and oxygen atoms in total. The molecule has 7 heteroatoms. The van der Waals surface area contributed by atoms with Gasteiger partial charge in [-0.15, -0.1) is 0 Å². The summed E-state index contributed by atoms with van der Waals surface area (Å²) in [4.78, 5) is 7.73. The van der Waals surface area contributed by atoms with Crippen molar-refractivity contribution < 1.29 is 4.39 Å². The monoisotopic (exact) mass is 330 g/mol. The molecule has 94 valence electrons. The minimum atomic E-state index is -0.551. The zero-order chi connectivity index (χ0) is 13.1. The van der Waals surface area contributed by atoms with Crippen LogP contribution in [0.5, 0.6) is 0 Å². The van der Waals surface area contributed by atoms with Gasteiger partial charge in [0.1, 0.15) is 0 Å². The first-order chi connectivity index (χ1) is 8.60. The Morgan fingerprint density at radius 1 is 1.39 bits per heavy atom. The SMILES string of the molecule is CNc1ncc(F)c(Nc2cc(Br)ccc2Cl)n1. The van der Waals surface area contributed by atoms with Gasteiger partial charge < -0.3 is 10.6 Å². The number of aromatic nitrogens is 2. The molecule has 0 spiro atoms. The average Bonchev–Trinajstić information content (AvgIpc) is 2.36. The maximum atomic E-state index is 13.6. The second kappa shape index (κ2) is 5.49. The summed E-state index contributed by atoms with van der Waals surface area (Å²) in [5, 5.41) is 6.04. The number of anilines is 3. The van der Waals surface area contributed by atoms with E-state index in [2.05, 4.69) is 36.5 Å². The predicted octanol–water partition coefficient (Wildman–Crippen LogP) is 3.82. The van der Waals surface area contributed by atoms with Crippen molar-refractivity contribution in [1.82, 2.24) is 9.97 Å². The third-order valence-corrected chi connectivity index (χ3v) is 2.97. The largest absolute Gasteiger partial charge is 0.357 e. The first-order valence-electron chi connectivity index (χ1n) is 5.02. The lowest BCUT2D eigenvalue weighted by atomic mass is 10.3. The molecule has 0 saturated heterocycles. The highest BCUT2D eigenvalue weighted by Crippen LogP contribution is 2.28. The molecule has 0 amide bonds. The fraction of sp³-hybridized carbons (Fsp3) is 0.0909. The van der Waals surface area contributed by atoms with Gasteiger partial charge in [0.05, 0.1) is 16.9 Å². The molecule has 2 rings (SSSR count). The lowest BCUT2D eigenvalue weighted by molar-refractivity contribution is 0.619. The maximum absolute atomic E-state index is 13.6. The third kappa shape index (κ3) is 2.88. The highest BCUT2D eigenvalue weighted by Gasteiger charge is 2.09. The predicted molar refractivity (Wildman–Crippen MR) is 74.0 cm³/mol. The van der Waals surface area contributed by atoms with Gasteiger partial charge in [0, 0.05) is 11.5 Å². The van der Waals surface area contributed by atoms with Crippen LogP contribution in [0.1, 0.15) is 0 Å². The van der Waals surface area contributed by atoms with Crippen molar-refractivity contribution in [3.05, 3.63) is 39.7 Å².